The van der Waals surface area contributed by atoms with Crippen LogP contribution in [0.4, 0.5) is 5.95 Å². The number of nitrogens with one attached hydrogen (secondary N) is 2. The summed E-state index contributed by atoms with van der Waals surface area (Å²) in [6, 6.07) is 15.4. The fraction of sp³-hybridized carbons (Fsp3) is 0.176. The van der Waals surface area contributed by atoms with Crippen LogP contribution in [-0.2, 0) is 4.79 Å². The number of carbonyl (C=O) groups excluding carboxylic acids is 1. The van der Waals surface area contributed by atoms with Gasteiger partial charge in [0.05, 0.1) is 11.0 Å². The van der Waals surface area contributed by atoms with Gasteiger partial charge in [0.25, 0.3) is 0 Å². The number of halogens is 1. The van der Waals surface area contributed by atoms with Gasteiger partial charge in [0.15, 0.2) is 0 Å². The molecule has 0 saturated heterocycles. The van der Waals surface area contributed by atoms with E-state index >= 15 is 0 Å². The van der Waals surface area contributed by atoms with Crippen molar-refractivity contribution in [3.05, 3.63) is 59.1 Å². The maximum Gasteiger partial charge on any atom is 0.230 e. The van der Waals surface area contributed by atoms with E-state index in [-0.39, 0.29) is 17.7 Å². The summed E-state index contributed by atoms with van der Waals surface area (Å²) in [4.78, 5) is 19.8. The SMILES string of the molecule is O=C(Nc1nc2ccccc2[nH]1)[C@H]1C[C@@H]1c1ccccc1Cl. The third kappa shape index (κ3) is 2.35. The van der Waals surface area contributed by atoms with E-state index in [2.05, 4.69) is 15.3 Å². The van der Waals surface area contributed by atoms with Crippen molar-refractivity contribution in [3.8, 4) is 0 Å². The Hall–Kier alpha value is -2.33. The average molecular weight is 312 g/mol. The van der Waals surface area contributed by atoms with Crippen LogP contribution >= 0.6 is 11.6 Å². The summed E-state index contributed by atoms with van der Waals surface area (Å²) in [6.07, 6.45) is 0.829. The quantitative estimate of drug-likeness (QED) is 0.769. The molecule has 3 aromatic rings. The summed E-state index contributed by atoms with van der Waals surface area (Å²) in [7, 11) is 0. The van der Waals surface area contributed by atoms with Crippen LogP contribution in [0.25, 0.3) is 11.0 Å². The monoisotopic (exact) mass is 311 g/mol. The predicted octanol–water partition coefficient (Wildman–Crippen LogP) is 3.96. The Bertz CT molecular complexity index is 825. The topological polar surface area (TPSA) is 57.8 Å². The first-order chi connectivity index (χ1) is 10.7. The number of aromatic nitrogens is 2. The number of rotatable bonds is 3. The number of anilines is 1. The molecule has 1 saturated carbocycles. The Labute approximate surface area is 132 Å². The van der Waals surface area contributed by atoms with Crippen molar-refractivity contribution in [1.82, 2.24) is 9.97 Å². The molecule has 0 radical (unpaired) electrons. The Morgan fingerprint density at radius 1 is 1.18 bits per heavy atom. The minimum atomic E-state index is -0.0342. The maximum atomic E-state index is 12.3. The van der Waals surface area contributed by atoms with Gasteiger partial charge in [-0.05, 0) is 36.1 Å². The zero-order chi connectivity index (χ0) is 15.1. The molecular weight excluding hydrogens is 298 g/mol. The van der Waals surface area contributed by atoms with Crippen molar-refractivity contribution in [2.24, 2.45) is 5.92 Å². The molecule has 110 valence electrons. The number of para-hydroxylation sites is 2. The number of amides is 1. The van der Waals surface area contributed by atoms with Crippen LogP contribution in [0.5, 0.6) is 0 Å². The molecule has 1 fully saturated rings. The van der Waals surface area contributed by atoms with Gasteiger partial charge in [-0.1, -0.05) is 41.9 Å². The number of fused-ring (bicyclic) bond motifs is 1. The molecule has 4 nitrogen and oxygen atoms in total. The molecule has 22 heavy (non-hydrogen) atoms. The number of H-pyrrole nitrogens is 1. The van der Waals surface area contributed by atoms with Crippen molar-refractivity contribution in [3.63, 3.8) is 0 Å². The van der Waals surface area contributed by atoms with Gasteiger partial charge in [0, 0.05) is 10.9 Å². The minimum absolute atomic E-state index is 0.0102. The molecule has 1 aliphatic rings. The summed E-state index contributed by atoms with van der Waals surface area (Å²) in [6.45, 7) is 0. The molecular formula is C17H14ClN3O. The van der Waals surface area contributed by atoms with Gasteiger partial charge in [-0.25, -0.2) is 4.98 Å². The molecule has 1 aliphatic carbocycles. The Morgan fingerprint density at radius 2 is 1.95 bits per heavy atom. The molecule has 4 rings (SSSR count). The highest BCUT2D eigenvalue weighted by Crippen LogP contribution is 2.49. The van der Waals surface area contributed by atoms with Crippen LogP contribution in [0.2, 0.25) is 5.02 Å². The molecule has 1 aromatic heterocycles. The average Bonchev–Trinajstić information content (AvgIpc) is 3.20. The van der Waals surface area contributed by atoms with Gasteiger partial charge in [0.1, 0.15) is 0 Å². The number of benzene rings is 2. The lowest BCUT2D eigenvalue weighted by molar-refractivity contribution is -0.117. The Morgan fingerprint density at radius 3 is 2.77 bits per heavy atom. The van der Waals surface area contributed by atoms with E-state index in [4.69, 9.17) is 11.6 Å². The third-order valence-corrected chi connectivity index (χ3v) is 4.41. The van der Waals surface area contributed by atoms with Crippen LogP contribution in [0.15, 0.2) is 48.5 Å². The van der Waals surface area contributed by atoms with Crippen LogP contribution < -0.4 is 5.32 Å². The van der Waals surface area contributed by atoms with E-state index in [1.54, 1.807) is 0 Å². The number of hydrogen-bond donors (Lipinski definition) is 2. The first kappa shape index (κ1) is 13.3. The Kier molecular flexibility index (Phi) is 3.12. The summed E-state index contributed by atoms with van der Waals surface area (Å²) < 4.78 is 0. The second-order valence-electron chi connectivity index (χ2n) is 5.56. The Balaban J connectivity index is 1.48. The van der Waals surface area contributed by atoms with E-state index in [0.29, 0.717) is 5.95 Å². The number of imidazole rings is 1. The van der Waals surface area contributed by atoms with Crippen molar-refractivity contribution >= 4 is 34.5 Å². The van der Waals surface area contributed by atoms with E-state index in [9.17, 15) is 4.79 Å². The fourth-order valence-electron chi connectivity index (χ4n) is 2.83. The van der Waals surface area contributed by atoms with E-state index in [1.165, 1.54) is 0 Å². The van der Waals surface area contributed by atoms with Gasteiger partial charge >= 0.3 is 0 Å². The van der Waals surface area contributed by atoms with Crippen molar-refractivity contribution in [1.29, 1.82) is 0 Å². The molecule has 0 bridgehead atoms. The zero-order valence-corrected chi connectivity index (χ0v) is 12.5. The van der Waals surface area contributed by atoms with Crippen molar-refractivity contribution in [2.75, 3.05) is 5.32 Å². The zero-order valence-electron chi connectivity index (χ0n) is 11.7. The molecule has 0 spiro atoms. The molecule has 0 aliphatic heterocycles. The van der Waals surface area contributed by atoms with Crippen molar-refractivity contribution in [2.45, 2.75) is 12.3 Å². The van der Waals surface area contributed by atoms with Gasteiger partial charge in [-0.2, -0.15) is 0 Å². The number of aromatic amines is 1. The van der Waals surface area contributed by atoms with E-state index in [1.807, 2.05) is 48.5 Å². The van der Waals surface area contributed by atoms with Gasteiger partial charge in [0.2, 0.25) is 11.9 Å². The lowest BCUT2D eigenvalue weighted by Crippen LogP contribution is -2.15. The van der Waals surface area contributed by atoms with E-state index in [0.717, 1.165) is 28.0 Å². The van der Waals surface area contributed by atoms with Crippen LogP contribution in [0, 0.1) is 5.92 Å². The van der Waals surface area contributed by atoms with E-state index < -0.39 is 0 Å². The highest BCUT2D eigenvalue weighted by molar-refractivity contribution is 6.31. The van der Waals surface area contributed by atoms with Crippen LogP contribution in [-0.4, -0.2) is 15.9 Å². The number of hydrogen-bond acceptors (Lipinski definition) is 2. The van der Waals surface area contributed by atoms with Gasteiger partial charge < -0.3 is 4.98 Å². The molecule has 2 aromatic carbocycles. The summed E-state index contributed by atoms with van der Waals surface area (Å²) in [5.74, 6) is 0.658. The second kappa shape index (κ2) is 5.14. The first-order valence-electron chi connectivity index (χ1n) is 7.22. The number of nitrogens with zero attached hydrogens (tertiary/aromatic N) is 1. The smallest absolute Gasteiger partial charge is 0.230 e. The summed E-state index contributed by atoms with van der Waals surface area (Å²) >= 11 is 6.19. The summed E-state index contributed by atoms with van der Waals surface area (Å²) in [5.41, 5.74) is 2.81. The second-order valence-corrected chi connectivity index (χ2v) is 5.97. The standard InChI is InChI=1S/C17H14ClN3O/c18-13-6-2-1-5-10(13)11-9-12(11)16(22)21-17-19-14-7-3-4-8-15(14)20-17/h1-8,11-12H,9H2,(H2,19,20,21,22)/t11-,12+/m1/s1. The van der Waals surface area contributed by atoms with Gasteiger partial charge in [-0.3, -0.25) is 10.1 Å². The highest BCUT2D eigenvalue weighted by Gasteiger charge is 2.45. The van der Waals surface area contributed by atoms with Crippen LogP contribution in [0.3, 0.4) is 0 Å². The van der Waals surface area contributed by atoms with Gasteiger partial charge in [-0.15, -0.1) is 0 Å². The maximum absolute atomic E-state index is 12.3. The highest BCUT2D eigenvalue weighted by atomic mass is 35.5. The third-order valence-electron chi connectivity index (χ3n) is 4.06. The molecule has 1 heterocycles. The molecule has 2 atom stereocenters. The largest absolute Gasteiger partial charge is 0.324 e. The molecule has 2 N–H and O–H groups in total. The summed E-state index contributed by atoms with van der Waals surface area (Å²) in [5, 5.41) is 3.59. The first-order valence-corrected chi connectivity index (χ1v) is 7.60. The normalized spacial score (nSPS) is 20.0. The number of carbonyl (C=O) groups is 1. The molecule has 0 unspecified atom stereocenters. The predicted molar refractivity (Wildman–Crippen MR) is 87.0 cm³/mol. The lowest BCUT2D eigenvalue weighted by atomic mass is 10.1. The lowest BCUT2D eigenvalue weighted by Gasteiger charge is -2.03. The van der Waals surface area contributed by atoms with Crippen LogP contribution in [0.1, 0.15) is 17.9 Å². The molecule has 5 heteroatoms. The minimum Gasteiger partial charge on any atom is -0.324 e. The van der Waals surface area contributed by atoms with Crippen molar-refractivity contribution < 1.29 is 4.79 Å². The fourth-order valence-corrected chi connectivity index (χ4v) is 3.10. The molecule has 1 amide bonds.